The first-order chi connectivity index (χ1) is 9.26. The van der Waals surface area contributed by atoms with Gasteiger partial charge in [-0.05, 0) is 17.7 Å². The van der Waals surface area contributed by atoms with Crippen molar-refractivity contribution in [1.82, 2.24) is 0 Å². The minimum absolute atomic E-state index is 0.308. The van der Waals surface area contributed by atoms with Gasteiger partial charge in [0.25, 0.3) is 0 Å². The van der Waals surface area contributed by atoms with Crippen molar-refractivity contribution < 1.29 is 14.3 Å². The Morgan fingerprint density at radius 3 is 2.53 bits per heavy atom. The van der Waals surface area contributed by atoms with E-state index in [0.717, 1.165) is 5.56 Å². The summed E-state index contributed by atoms with van der Waals surface area (Å²) < 4.78 is 10.8. The second-order valence-electron chi connectivity index (χ2n) is 3.89. The molecule has 0 N–H and O–H groups in total. The number of rotatable bonds is 5. The third kappa shape index (κ3) is 3.06. The zero-order valence-corrected chi connectivity index (χ0v) is 11.2. The summed E-state index contributed by atoms with van der Waals surface area (Å²) in [5.41, 5.74) is 1.40. The lowest BCUT2D eigenvalue weighted by Gasteiger charge is -2.12. The molecular formula is C15H13ClO3. The standard InChI is InChI=1S/C15H13ClO3/c1-18-13-8-7-12(9-17)15(14(13)16)19-10-11-5-3-2-4-6-11/h2-9H,10H2,1H3. The zero-order valence-electron chi connectivity index (χ0n) is 10.4. The third-order valence-electron chi connectivity index (χ3n) is 2.67. The van der Waals surface area contributed by atoms with Crippen molar-refractivity contribution in [2.75, 3.05) is 7.11 Å². The first-order valence-electron chi connectivity index (χ1n) is 5.74. The van der Waals surface area contributed by atoms with Crippen molar-refractivity contribution in [3.8, 4) is 11.5 Å². The molecule has 0 radical (unpaired) electrons. The molecule has 4 heteroatoms. The highest BCUT2D eigenvalue weighted by molar-refractivity contribution is 6.34. The quantitative estimate of drug-likeness (QED) is 0.781. The van der Waals surface area contributed by atoms with Crippen molar-refractivity contribution in [1.29, 1.82) is 0 Å². The van der Waals surface area contributed by atoms with Crippen LogP contribution in [0, 0.1) is 0 Å². The first-order valence-corrected chi connectivity index (χ1v) is 6.12. The Balaban J connectivity index is 2.25. The minimum atomic E-state index is 0.308. The molecule has 0 aliphatic rings. The van der Waals surface area contributed by atoms with Gasteiger partial charge in [-0.15, -0.1) is 0 Å². The van der Waals surface area contributed by atoms with Crippen LogP contribution in [-0.4, -0.2) is 13.4 Å². The fourth-order valence-electron chi connectivity index (χ4n) is 1.68. The van der Waals surface area contributed by atoms with Crippen LogP contribution in [0.15, 0.2) is 42.5 Å². The van der Waals surface area contributed by atoms with Gasteiger partial charge >= 0.3 is 0 Å². The van der Waals surface area contributed by atoms with Crippen molar-refractivity contribution in [2.45, 2.75) is 6.61 Å². The van der Waals surface area contributed by atoms with Crippen LogP contribution in [0.2, 0.25) is 5.02 Å². The van der Waals surface area contributed by atoms with E-state index in [2.05, 4.69) is 0 Å². The number of ether oxygens (including phenoxy) is 2. The summed E-state index contributed by atoms with van der Waals surface area (Å²) >= 11 is 6.15. The molecule has 0 aliphatic carbocycles. The summed E-state index contributed by atoms with van der Waals surface area (Å²) in [6.45, 7) is 0.342. The van der Waals surface area contributed by atoms with E-state index in [4.69, 9.17) is 21.1 Å². The number of benzene rings is 2. The van der Waals surface area contributed by atoms with E-state index in [1.807, 2.05) is 30.3 Å². The van der Waals surface area contributed by atoms with E-state index in [1.54, 1.807) is 12.1 Å². The minimum Gasteiger partial charge on any atom is -0.495 e. The largest absolute Gasteiger partial charge is 0.495 e. The van der Waals surface area contributed by atoms with Gasteiger partial charge in [-0.25, -0.2) is 0 Å². The Labute approximate surface area is 116 Å². The number of halogens is 1. The van der Waals surface area contributed by atoms with Gasteiger partial charge in [0.1, 0.15) is 17.4 Å². The van der Waals surface area contributed by atoms with Crippen molar-refractivity contribution in [3.63, 3.8) is 0 Å². The van der Waals surface area contributed by atoms with Gasteiger partial charge in [0, 0.05) is 0 Å². The van der Waals surface area contributed by atoms with Crippen molar-refractivity contribution >= 4 is 17.9 Å². The Kier molecular flexibility index (Phi) is 4.42. The van der Waals surface area contributed by atoms with Crippen LogP contribution >= 0.6 is 11.6 Å². The van der Waals surface area contributed by atoms with E-state index >= 15 is 0 Å². The maximum atomic E-state index is 11.0. The lowest BCUT2D eigenvalue weighted by molar-refractivity contribution is 0.111. The van der Waals surface area contributed by atoms with Crippen LogP contribution in [-0.2, 0) is 6.61 Å². The molecule has 0 amide bonds. The average Bonchev–Trinajstić information content (AvgIpc) is 2.46. The van der Waals surface area contributed by atoms with Gasteiger partial charge in [0.05, 0.1) is 12.7 Å². The van der Waals surface area contributed by atoms with Gasteiger partial charge in [-0.1, -0.05) is 41.9 Å². The second kappa shape index (κ2) is 6.25. The molecule has 2 aromatic rings. The molecule has 19 heavy (non-hydrogen) atoms. The number of carbonyl (C=O) groups is 1. The lowest BCUT2D eigenvalue weighted by atomic mass is 10.2. The van der Waals surface area contributed by atoms with Gasteiger partial charge in [-0.3, -0.25) is 4.79 Å². The molecule has 2 rings (SSSR count). The Bertz CT molecular complexity index is 567. The maximum absolute atomic E-state index is 11.0. The molecule has 0 fully saturated rings. The molecule has 0 atom stereocenters. The summed E-state index contributed by atoms with van der Waals surface area (Å²) in [5, 5.41) is 0.308. The van der Waals surface area contributed by atoms with E-state index in [1.165, 1.54) is 7.11 Å². The predicted molar refractivity (Wildman–Crippen MR) is 74.2 cm³/mol. The molecular weight excluding hydrogens is 264 g/mol. The fourth-order valence-corrected chi connectivity index (χ4v) is 1.98. The SMILES string of the molecule is COc1ccc(C=O)c(OCc2ccccc2)c1Cl. The van der Waals surface area contributed by atoms with Gasteiger partial charge in [-0.2, -0.15) is 0 Å². The van der Waals surface area contributed by atoms with Crippen molar-refractivity contribution in [2.24, 2.45) is 0 Å². The van der Waals surface area contributed by atoms with Crippen LogP contribution in [0.1, 0.15) is 15.9 Å². The summed E-state index contributed by atoms with van der Waals surface area (Å²) in [5.74, 6) is 0.829. The Hall–Kier alpha value is -2.00. The molecule has 0 bridgehead atoms. The Morgan fingerprint density at radius 1 is 1.16 bits per heavy atom. The number of hydrogen-bond donors (Lipinski definition) is 0. The molecule has 0 aromatic heterocycles. The molecule has 0 saturated heterocycles. The van der Waals surface area contributed by atoms with E-state index in [9.17, 15) is 4.79 Å². The highest BCUT2D eigenvalue weighted by Gasteiger charge is 2.13. The first kappa shape index (κ1) is 13.4. The summed E-state index contributed by atoms with van der Waals surface area (Å²) in [6.07, 6.45) is 0.714. The predicted octanol–water partition coefficient (Wildman–Crippen LogP) is 3.74. The highest BCUT2D eigenvalue weighted by Crippen LogP contribution is 2.36. The normalized spacial score (nSPS) is 10.0. The fraction of sp³-hybridized carbons (Fsp3) is 0.133. The molecule has 2 aromatic carbocycles. The second-order valence-corrected chi connectivity index (χ2v) is 4.27. The van der Waals surface area contributed by atoms with E-state index in [-0.39, 0.29) is 0 Å². The monoisotopic (exact) mass is 276 g/mol. The van der Waals surface area contributed by atoms with Gasteiger partial charge < -0.3 is 9.47 Å². The molecule has 0 saturated carbocycles. The lowest BCUT2D eigenvalue weighted by Crippen LogP contribution is -2.00. The summed E-state index contributed by atoms with van der Waals surface area (Å²) in [4.78, 5) is 11.0. The molecule has 0 heterocycles. The molecule has 0 aliphatic heterocycles. The number of carbonyl (C=O) groups excluding carboxylic acids is 1. The molecule has 98 valence electrons. The summed E-state index contributed by atoms with van der Waals surface area (Å²) in [7, 11) is 1.52. The molecule has 0 spiro atoms. The topological polar surface area (TPSA) is 35.5 Å². The van der Waals surface area contributed by atoms with Crippen LogP contribution in [0.4, 0.5) is 0 Å². The number of hydrogen-bond acceptors (Lipinski definition) is 3. The Morgan fingerprint density at radius 2 is 1.89 bits per heavy atom. The van der Waals surface area contributed by atoms with Crippen LogP contribution in [0.5, 0.6) is 11.5 Å². The maximum Gasteiger partial charge on any atom is 0.153 e. The van der Waals surface area contributed by atoms with Crippen LogP contribution in [0.3, 0.4) is 0 Å². The molecule has 3 nitrogen and oxygen atoms in total. The zero-order chi connectivity index (χ0) is 13.7. The van der Waals surface area contributed by atoms with E-state index in [0.29, 0.717) is 35.0 Å². The smallest absolute Gasteiger partial charge is 0.153 e. The molecule has 0 unspecified atom stereocenters. The number of aldehydes is 1. The van der Waals surface area contributed by atoms with Gasteiger partial charge in [0.2, 0.25) is 0 Å². The van der Waals surface area contributed by atoms with Crippen molar-refractivity contribution in [3.05, 3.63) is 58.6 Å². The summed E-state index contributed by atoms with van der Waals surface area (Å²) in [6, 6.07) is 12.9. The number of methoxy groups -OCH3 is 1. The third-order valence-corrected chi connectivity index (χ3v) is 3.02. The van der Waals surface area contributed by atoms with Crippen LogP contribution in [0.25, 0.3) is 0 Å². The average molecular weight is 277 g/mol. The van der Waals surface area contributed by atoms with Crippen LogP contribution < -0.4 is 9.47 Å². The van der Waals surface area contributed by atoms with Gasteiger partial charge in [0.15, 0.2) is 12.0 Å². The van der Waals surface area contributed by atoms with E-state index < -0.39 is 0 Å². The highest BCUT2D eigenvalue weighted by atomic mass is 35.5.